The lowest BCUT2D eigenvalue weighted by molar-refractivity contribution is -0.614. The van der Waals surface area contributed by atoms with E-state index < -0.39 is 0 Å². The van der Waals surface area contributed by atoms with E-state index >= 15 is 0 Å². The number of para-hydroxylation sites is 3. The quantitative estimate of drug-likeness (QED) is 0.242. The number of hydrogen-bond acceptors (Lipinski definition) is 1. The van der Waals surface area contributed by atoms with Gasteiger partial charge in [-0.05, 0) is 46.5 Å². The van der Waals surface area contributed by atoms with E-state index in [4.69, 9.17) is 4.99 Å². The fraction of sp³-hybridized carbons (Fsp3) is 0.114. The Morgan fingerprint density at radius 3 is 2.29 bits per heavy atom. The maximum Gasteiger partial charge on any atom is 0.215 e. The molecule has 1 atom stereocenters. The number of aromatic nitrogens is 1. The molecule has 38 heavy (non-hydrogen) atoms. The summed E-state index contributed by atoms with van der Waals surface area (Å²) in [7, 11) is 0. The second-order valence-corrected chi connectivity index (χ2v) is 11.0. The van der Waals surface area contributed by atoms with Crippen LogP contribution < -0.4 is 5.32 Å². The van der Waals surface area contributed by atoms with Crippen molar-refractivity contribution >= 4 is 38.9 Å². The maximum atomic E-state index is 5.26. The van der Waals surface area contributed by atoms with Crippen molar-refractivity contribution in [3.05, 3.63) is 132 Å². The van der Waals surface area contributed by atoms with Gasteiger partial charge in [-0.25, -0.2) is 4.99 Å². The van der Waals surface area contributed by atoms with Gasteiger partial charge in [-0.15, -0.1) is 0 Å². The van der Waals surface area contributed by atoms with Crippen molar-refractivity contribution in [2.45, 2.75) is 25.4 Å². The molecular formula is C35H28N3+. The first-order chi connectivity index (χ1) is 18.6. The van der Waals surface area contributed by atoms with Crippen molar-refractivity contribution in [1.82, 2.24) is 4.57 Å². The Morgan fingerprint density at radius 2 is 1.39 bits per heavy atom. The fourth-order valence-corrected chi connectivity index (χ4v) is 6.71. The lowest BCUT2D eigenvalue weighted by atomic mass is 9.82. The lowest BCUT2D eigenvalue weighted by Gasteiger charge is -2.26. The standard InChI is InChI=1S/C35H27N3/c1-35(2)27-16-8-6-14-23(27)25-20-26-24-15-7-11-19-31(24)38(32(26)21-28(25)35)34-33(22-12-4-3-5-13-22)36-29-17-9-10-18-30(29)37-34/h3-21,34,37H,1-2H3/p+1. The predicted molar refractivity (Wildman–Crippen MR) is 157 cm³/mol. The van der Waals surface area contributed by atoms with Gasteiger partial charge in [-0.2, -0.15) is 0 Å². The second kappa shape index (κ2) is 7.77. The van der Waals surface area contributed by atoms with Gasteiger partial charge < -0.3 is 0 Å². The van der Waals surface area contributed by atoms with E-state index in [1.165, 1.54) is 49.7 Å². The molecule has 0 fully saturated rings. The third-order valence-corrected chi connectivity index (χ3v) is 8.56. The Hall–Kier alpha value is -4.47. The largest absolute Gasteiger partial charge is 0.287 e. The third-order valence-electron chi connectivity index (χ3n) is 8.56. The number of nitrogens with two attached hydrogens (primary N) is 1. The summed E-state index contributed by atoms with van der Waals surface area (Å²) in [4.78, 5) is 5.26. The zero-order valence-electron chi connectivity index (χ0n) is 21.5. The van der Waals surface area contributed by atoms with Gasteiger partial charge in [-0.1, -0.05) is 98.8 Å². The van der Waals surface area contributed by atoms with Crippen LogP contribution in [0, 0.1) is 0 Å². The topological polar surface area (TPSA) is 33.9 Å². The highest BCUT2D eigenvalue weighted by Gasteiger charge is 2.37. The van der Waals surface area contributed by atoms with E-state index in [1.54, 1.807) is 0 Å². The molecular weight excluding hydrogens is 462 g/mol. The van der Waals surface area contributed by atoms with E-state index in [0.29, 0.717) is 0 Å². The van der Waals surface area contributed by atoms with E-state index in [9.17, 15) is 0 Å². The van der Waals surface area contributed by atoms with Crippen molar-refractivity contribution in [2.75, 3.05) is 0 Å². The molecule has 6 aromatic rings. The number of rotatable bonds is 2. The van der Waals surface area contributed by atoms with Crippen LogP contribution in [0.1, 0.15) is 36.7 Å². The molecule has 5 aromatic carbocycles. The Morgan fingerprint density at radius 1 is 0.658 bits per heavy atom. The van der Waals surface area contributed by atoms with Gasteiger partial charge in [0.05, 0.1) is 11.0 Å². The highest BCUT2D eigenvalue weighted by Crippen LogP contribution is 2.51. The van der Waals surface area contributed by atoms with E-state index in [-0.39, 0.29) is 11.6 Å². The van der Waals surface area contributed by atoms with Crippen molar-refractivity contribution in [3.63, 3.8) is 0 Å². The average molecular weight is 491 g/mol. The smallest absolute Gasteiger partial charge is 0.215 e. The number of benzene rings is 5. The van der Waals surface area contributed by atoms with Gasteiger partial charge in [0.2, 0.25) is 6.17 Å². The summed E-state index contributed by atoms with van der Waals surface area (Å²) in [6.07, 6.45) is -0.0281. The summed E-state index contributed by atoms with van der Waals surface area (Å²) >= 11 is 0. The van der Waals surface area contributed by atoms with Crippen LogP contribution in [0.5, 0.6) is 0 Å². The minimum absolute atomic E-state index is 0.0281. The van der Waals surface area contributed by atoms with Gasteiger partial charge in [0.25, 0.3) is 0 Å². The van der Waals surface area contributed by atoms with E-state index in [0.717, 1.165) is 17.0 Å². The van der Waals surface area contributed by atoms with E-state index in [2.05, 4.69) is 139 Å². The summed E-state index contributed by atoms with van der Waals surface area (Å²) in [6.45, 7) is 4.71. The Kier molecular flexibility index (Phi) is 4.41. The number of fused-ring (bicyclic) bond motifs is 7. The maximum absolute atomic E-state index is 5.26. The molecule has 0 saturated carbocycles. The van der Waals surface area contributed by atoms with Gasteiger partial charge in [0, 0.05) is 27.8 Å². The zero-order valence-corrected chi connectivity index (χ0v) is 21.5. The molecule has 0 radical (unpaired) electrons. The van der Waals surface area contributed by atoms with Gasteiger partial charge in [0.1, 0.15) is 11.4 Å². The molecule has 0 saturated heterocycles. The Labute approximate surface area is 222 Å². The SMILES string of the molecule is CC1(C)c2ccccc2-c2cc3c4ccccc4n(C4[NH2+]c5ccccc5N=C4c4ccccc4)c3cc21. The Balaban J connectivity index is 1.45. The summed E-state index contributed by atoms with van der Waals surface area (Å²) in [5.74, 6) is 0. The summed E-state index contributed by atoms with van der Waals surface area (Å²) < 4.78 is 2.52. The van der Waals surface area contributed by atoms with Crippen LogP contribution >= 0.6 is 0 Å². The van der Waals surface area contributed by atoms with Crippen molar-refractivity contribution < 1.29 is 5.32 Å². The molecule has 0 amide bonds. The molecule has 2 N–H and O–H groups in total. The highest BCUT2D eigenvalue weighted by molar-refractivity contribution is 6.13. The van der Waals surface area contributed by atoms with Gasteiger partial charge in [0.15, 0.2) is 5.69 Å². The first-order valence-electron chi connectivity index (χ1n) is 13.4. The van der Waals surface area contributed by atoms with Crippen LogP contribution in [0.4, 0.5) is 11.4 Å². The minimum atomic E-state index is -0.0549. The van der Waals surface area contributed by atoms with Crippen LogP contribution in [-0.4, -0.2) is 10.3 Å². The van der Waals surface area contributed by atoms with Crippen molar-refractivity contribution in [2.24, 2.45) is 4.99 Å². The number of quaternary nitrogens is 1. The van der Waals surface area contributed by atoms with Crippen molar-refractivity contribution in [3.8, 4) is 11.1 Å². The molecule has 3 heteroatoms. The molecule has 1 aliphatic carbocycles. The molecule has 1 unspecified atom stereocenters. The first kappa shape index (κ1) is 21.6. The Bertz CT molecular complexity index is 1920. The van der Waals surface area contributed by atoms with Gasteiger partial charge in [-0.3, -0.25) is 9.88 Å². The fourth-order valence-electron chi connectivity index (χ4n) is 6.71. The summed E-state index contributed by atoms with van der Waals surface area (Å²) in [5.41, 5.74) is 12.4. The lowest BCUT2D eigenvalue weighted by Crippen LogP contribution is -2.83. The minimum Gasteiger partial charge on any atom is -0.287 e. The summed E-state index contributed by atoms with van der Waals surface area (Å²) in [6, 6.07) is 41.7. The predicted octanol–water partition coefficient (Wildman–Crippen LogP) is 7.63. The van der Waals surface area contributed by atoms with Gasteiger partial charge >= 0.3 is 0 Å². The van der Waals surface area contributed by atoms with Crippen LogP contribution in [0.25, 0.3) is 32.9 Å². The monoisotopic (exact) mass is 490 g/mol. The molecule has 1 aromatic heterocycles. The number of nitrogens with zero attached hydrogens (tertiary/aromatic N) is 2. The summed E-state index contributed by atoms with van der Waals surface area (Å²) in [5, 5.41) is 4.97. The van der Waals surface area contributed by atoms with E-state index in [1.807, 2.05) is 0 Å². The number of hydrogen-bond donors (Lipinski definition) is 1. The van der Waals surface area contributed by atoms with Crippen LogP contribution in [-0.2, 0) is 5.41 Å². The molecule has 3 nitrogen and oxygen atoms in total. The molecule has 1 aliphatic heterocycles. The van der Waals surface area contributed by atoms with Crippen LogP contribution in [0.2, 0.25) is 0 Å². The number of aliphatic imine (C=N–C) groups is 1. The normalized spacial score (nSPS) is 17.2. The van der Waals surface area contributed by atoms with Crippen LogP contribution in [0.15, 0.2) is 120 Å². The molecule has 0 spiro atoms. The molecule has 2 aliphatic rings. The average Bonchev–Trinajstić information content (AvgIpc) is 3.40. The molecule has 2 heterocycles. The molecule has 0 bridgehead atoms. The third kappa shape index (κ3) is 2.91. The molecule has 182 valence electrons. The van der Waals surface area contributed by atoms with Crippen LogP contribution in [0.3, 0.4) is 0 Å². The highest BCUT2D eigenvalue weighted by atomic mass is 15.2. The first-order valence-corrected chi connectivity index (χ1v) is 13.4. The molecule has 8 rings (SSSR count). The van der Waals surface area contributed by atoms with Crippen molar-refractivity contribution in [1.29, 1.82) is 0 Å². The zero-order chi connectivity index (χ0) is 25.4. The second-order valence-electron chi connectivity index (χ2n) is 11.0.